The van der Waals surface area contributed by atoms with E-state index < -0.39 is 7.12 Å². The molecule has 5 nitrogen and oxygen atoms in total. The molecular formula is C19H26BN3O2. The molecule has 1 N–H and O–H groups in total. The molecule has 1 aromatic heterocycles. The van der Waals surface area contributed by atoms with Gasteiger partial charge in [-0.2, -0.15) is 0 Å². The molecule has 2 fully saturated rings. The molecule has 6 heteroatoms. The molecule has 0 amide bonds. The molecule has 1 saturated heterocycles. The molecule has 2 heterocycles. The first-order chi connectivity index (χ1) is 11.6. The van der Waals surface area contributed by atoms with Gasteiger partial charge < -0.3 is 14.6 Å². The summed E-state index contributed by atoms with van der Waals surface area (Å²) in [6.45, 7) is 12.5. The molecular weight excluding hydrogens is 313 g/mol. The molecule has 1 saturated carbocycles. The number of hydrogen-bond donors (Lipinski definition) is 1. The van der Waals surface area contributed by atoms with E-state index in [1.54, 1.807) is 0 Å². The van der Waals surface area contributed by atoms with E-state index in [-0.39, 0.29) is 16.7 Å². The van der Waals surface area contributed by atoms with Gasteiger partial charge in [-0.05, 0) is 60.5 Å². The second-order valence-corrected chi connectivity index (χ2v) is 8.65. The third-order valence-corrected chi connectivity index (χ3v) is 5.83. The Morgan fingerprint density at radius 3 is 2.24 bits per heavy atom. The van der Waals surface area contributed by atoms with Gasteiger partial charge in [-0.25, -0.2) is 9.97 Å². The van der Waals surface area contributed by atoms with Crippen LogP contribution in [0.15, 0.2) is 18.2 Å². The van der Waals surface area contributed by atoms with Gasteiger partial charge in [-0.15, -0.1) is 0 Å². The van der Waals surface area contributed by atoms with Gasteiger partial charge in [0.1, 0.15) is 5.82 Å². The van der Waals surface area contributed by atoms with Crippen molar-refractivity contribution in [3.05, 3.63) is 23.9 Å². The summed E-state index contributed by atoms with van der Waals surface area (Å²) in [5.41, 5.74) is 2.99. The smallest absolute Gasteiger partial charge is 0.399 e. The summed E-state index contributed by atoms with van der Waals surface area (Å²) in [5.74, 6) is 0.858. The quantitative estimate of drug-likeness (QED) is 0.871. The van der Waals surface area contributed by atoms with Gasteiger partial charge in [-0.1, -0.05) is 12.1 Å². The van der Waals surface area contributed by atoms with E-state index in [9.17, 15) is 0 Å². The van der Waals surface area contributed by atoms with Gasteiger partial charge in [-0.3, -0.25) is 0 Å². The summed E-state index contributed by atoms with van der Waals surface area (Å²) in [6, 6.07) is 6.01. The number of anilines is 1. The van der Waals surface area contributed by atoms with Crippen molar-refractivity contribution in [3.8, 4) is 0 Å². The summed E-state index contributed by atoms with van der Waals surface area (Å²) in [7, 11) is -0.435. The summed E-state index contributed by atoms with van der Waals surface area (Å²) in [6.07, 6.45) is 2.34. The maximum atomic E-state index is 6.23. The predicted octanol–water partition coefficient (Wildman–Crippen LogP) is 3.20. The number of hydrogen-bond acceptors (Lipinski definition) is 5. The van der Waals surface area contributed by atoms with E-state index in [2.05, 4.69) is 39.9 Å². The average Bonchev–Trinajstić information content (AvgIpc) is 3.18. The Kier molecular flexibility index (Phi) is 3.48. The molecule has 132 valence electrons. The summed E-state index contributed by atoms with van der Waals surface area (Å²) < 4.78 is 12.5. The maximum absolute atomic E-state index is 6.23. The largest absolute Gasteiger partial charge is 0.497 e. The first-order valence-corrected chi connectivity index (χ1v) is 9.01. The third kappa shape index (κ3) is 2.81. The highest BCUT2D eigenvalue weighted by Gasteiger charge is 2.52. The van der Waals surface area contributed by atoms with Crippen LogP contribution in [0.1, 0.15) is 53.2 Å². The van der Waals surface area contributed by atoms with Crippen molar-refractivity contribution in [3.63, 3.8) is 0 Å². The minimum atomic E-state index is -0.435. The van der Waals surface area contributed by atoms with E-state index in [0.717, 1.165) is 28.0 Å². The average molecular weight is 339 g/mol. The highest BCUT2D eigenvalue weighted by atomic mass is 16.7. The summed E-state index contributed by atoms with van der Waals surface area (Å²) in [5, 5.41) is 3.55. The Morgan fingerprint density at radius 1 is 1.00 bits per heavy atom. The molecule has 0 bridgehead atoms. The molecule has 1 aromatic carbocycles. The summed E-state index contributed by atoms with van der Waals surface area (Å²) >= 11 is 0. The number of nitrogens with one attached hydrogen (secondary N) is 1. The highest BCUT2D eigenvalue weighted by molar-refractivity contribution is 6.64. The van der Waals surface area contributed by atoms with Crippen LogP contribution < -0.4 is 10.8 Å². The van der Waals surface area contributed by atoms with E-state index in [1.807, 2.05) is 25.1 Å². The topological polar surface area (TPSA) is 56.3 Å². The Hall–Kier alpha value is -1.66. The van der Waals surface area contributed by atoms with Gasteiger partial charge >= 0.3 is 7.12 Å². The van der Waals surface area contributed by atoms with Crippen molar-refractivity contribution in [1.82, 2.24) is 9.97 Å². The summed E-state index contributed by atoms with van der Waals surface area (Å²) in [4.78, 5) is 9.66. The van der Waals surface area contributed by atoms with Crippen LogP contribution in [-0.4, -0.2) is 33.8 Å². The lowest BCUT2D eigenvalue weighted by molar-refractivity contribution is 0.00578. The van der Waals surface area contributed by atoms with Crippen LogP contribution in [0.2, 0.25) is 0 Å². The Labute approximate surface area is 149 Å². The van der Waals surface area contributed by atoms with Crippen molar-refractivity contribution < 1.29 is 9.31 Å². The Balaban J connectivity index is 1.78. The van der Waals surface area contributed by atoms with Crippen LogP contribution in [0.25, 0.3) is 11.0 Å². The Bertz CT molecular complexity index is 830. The minimum absolute atomic E-state index is 0.159. The SMILES string of the molecule is Cc1nc2cccc(B3OC(C)(C)C(C)(C)O3)c2nc1NC1(C)CC1. The second kappa shape index (κ2) is 5.18. The number of rotatable bonds is 3. The van der Waals surface area contributed by atoms with Crippen molar-refractivity contribution in [2.75, 3.05) is 5.32 Å². The van der Waals surface area contributed by atoms with Gasteiger partial charge in [0, 0.05) is 11.0 Å². The lowest BCUT2D eigenvalue weighted by Gasteiger charge is -2.32. The van der Waals surface area contributed by atoms with Crippen LogP contribution in [-0.2, 0) is 9.31 Å². The van der Waals surface area contributed by atoms with Gasteiger partial charge in [0.2, 0.25) is 0 Å². The zero-order chi connectivity index (χ0) is 18.0. The predicted molar refractivity (Wildman–Crippen MR) is 101 cm³/mol. The maximum Gasteiger partial charge on any atom is 0.497 e. The van der Waals surface area contributed by atoms with E-state index in [4.69, 9.17) is 19.3 Å². The van der Waals surface area contributed by atoms with Crippen LogP contribution in [0.4, 0.5) is 5.82 Å². The molecule has 1 aliphatic heterocycles. The fourth-order valence-electron chi connectivity index (χ4n) is 3.06. The number of nitrogens with zero attached hydrogens (tertiary/aromatic N) is 2. The van der Waals surface area contributed by atoms with E-state index >= 15 is 0 Å². The van der Waals surface area contributed by atoms with Gasteiger partial charge in [0.05, 0.1) is 27.9 Å². The molecule has 2 aromatic rings. The monoisotopic (exact) mass is 339 g/mol. The zero-order valence-corrected chi connectivity index (χ0v) is 15.9. The molecule has 4 rings (SSSR count). The number of fused-ring (bicyclic) bond motifs is 1. The van der Waals surface area contributed by atoms with Gasteiger partial charge in [0.25, 0.3) is 0 Å². The van der Waals surface area contributed by atoms with Crippen LogP contribution in [0.5, 0.6) is 0 Å². The minimum Gasteiger partial charge on any atom is -0.399 e. The van der Waals surface area contributed by atoms with Crippen LogP contribution in [0, 0.1) is 6.92 Å². The van der Waals surface area contributed by atoms with Gasteiger partial charge in [0.15, 0.2) is 0 Å². The molecule has 0 atom stereocenters. The van der Waals surface area contributed by atoms with E-state index in [1.165, 1.54) is 12.8 Å². The zero-order valence-electron chi connectivity index (χ0n) is 15.9. The fraction of sp³-hybridized carbons (Fsp3) is 0.579. The number of benzene rings is 1. The van der Waals surface area contributed by atoms with E-state index in [0.29, 0.717) is 0 Å². The molecule has 0 unspecified atom stereocenters. The lowest BCUT2D eigenvalue weighted by atomic mass is 9.78. The number of aryl methyl sites for hydroxylation is 1. The van der Waals surface area contributed by atoms with Crippen LogP contribution in [0.3, 0.4) is 0 Å². The van der Waals surface area contributed by atoms with Crippen molar-refractivity contribution >= 4 is 29.4 Å². The van der Waals surface area contributed by atoms with Crippen molar-refractivity contribution in [1.29, 1.82) is 0 Å². The Morgan fingerprint density at radius 2 is 1.64 bits per heavy atom. The first-order valence-electron chi connectivity index (χ1n) is 9.01. The normalized spacial score (nSPS) is 23.0. The third-order valence-electron chi connectivity index (χ3n) is 5.83. The first kappa shape index (κ1) is 16.8. The lowest BCUT2D eigenvalue weighted by Crippen LogP contribution is -2.41. The fourth-order valence-corrected chi connectivity index (χ4v) is 3.06. The second-order valence-electron chi connectivity index (χ2n) is 8.65. The van der Waals surface area contributed by atoms with Crippen LogP contribution >= 0.6 is 0 Å². The number of para-hydroxylation sites is 1. The standard InChI is InChI=1S/C19H26BN3O2/c1-12-16(23-19(6)10-11-19)22-15-13(8-7-9-14(15)21-12)20-24-17(2,3)18(4,5)25-20/h7-9H,10-11H2,1-6H3,(H,22,23). The van der Waals surface area contributed by atoms with Crippen molar-refractivity contribution in [2.45, 2.75) is 71.1 Å². The molecule has 0 radical (unpaired) electrons. The molecule has 0 spiro atoms. The van der Waals surface area contributed by atoms with Crippen molar-refractivity contribution in [2.24, 2.45) is 0 Å². The number of aromatic nitrogens is 2. The molecule has 1 aliphatic carbocycles. The highest BCUT2D eigenvalue weighted by Crippen LogP contribution is 2.39. The molecule has 25 heavy (non-hydrogen) atoms. The molecule has 2 aliphatic rings.